The summed E-state index contributed by atoms with van der Waals surface area (Å²) in [6, 6.07) is 2.24. The van der Waals surface area contributed by atoms with Gasteiger partial charge in [0.2, 0.25) is 0 Å². The van der Waals surface area contributed by atoms with Crippen molar-refractivity contribution >= 4 is 5.97 Å². The summed E-state index contributed by atoms with van der Waals surface area (Å²) < 4.78 is 31.3. The number of rotatable bonds is 3. The lowest BCUT2D eigenvalue weighted by molar-refractivity contribution is -0.143. The van der Waals surface area contributed by atoms with E-state index in [4.69, 9.17) is 5.73 Å². The van der Waals surface area contributed by atoms with Gasteiger partial charge in [-0.25, -0.2) is 8.78 Å². The van der Waals surface area contributed by atoms with Gasteiger partial charge in [0.1, 0.15) is 17.7 Å². The van der Waals surface area contributed by atoms with E-state index in [2.05, 4.69) is 4.74 Å². The van der Waals surface area contributed by atoms with Gasteiger partial charge in [0.25, 0.3) is 0 Å². The molecule has 0 bridgehead atoms. The third kappa shape index (κ3) is 1.91. The zero-order valence-corrected chi connectivity index (χ0v) is 9.37. The normalized spacial score (nSPS) is 18.6. The topological polar surface area (TPSA) is 52.3 Å². The zero-order chi connectivity index (χ0) is 12.6. The molecular weight excluding hydrogens is 228 g/mol. The quantitative estimate of drug-likeness (QED) is 0.816. The molecule has 1 aromatic rings. The smallest absolute Gasteiger partial charge is 0.323 e. The Bertz CT molecular complexity index is 458. The van der Waals surface area contributed by atoms with Crippen molar-refractivity contribution in [2.45, 2.75) is 24.3 Å². The largest absolute Gasteiger partial charge is 0.468 e. The van der Waals surface area contributed by atoms with Gasteiger partial charge in [0.15, 0.2) is 0 Å². The molecular formula is C12H13F2NO2. The van der Waals surface area contributed by atoms with Crippen molar-refractivity contribution in [3.05, 3.63) is 35.4 Å². The number of benzene rings is 1. The number of carbonyl (C=O) groups excluding carboxylic acids is 1. The fourth-order valence-electron chi connectivity index (χ4n) is 2.11. The van der Waals surface area contributed by atoms with E-state index in [0.29, 0.717) is 12.8 Å². The van der Waals surface area contributed by atoms with E-state index < -0.39 is 29.1 Å². The molecule has 5 heteroatoms. The van der Waals surface area contributed by atoms with Crippen LogP contribution in [0.3, 0.4) is 0 Å². The number of nitrogens with two attached hydrogens (primary N) is 1. The van der Waals surface area contributed by atoms with Crippen LogP contribution in [0.1, 0.15) is 18.4 Å². The van der Waals surface area contributed by atoms with Gasteiger partial charge in [0, 0.05) is 5.41 Å². The van der Waals surface area contributed by atoms with Crippen molar-refractivity contribution in [3.8, 4) is 0 Å². The van der Waals surface area contributed by atoms with Gasteiger partial charge in [-0.3, -0.25) is 4.79 Å². The van der Waals surface area contributed by atoms with Crippen LogP contribution in [-0.2, 0) is 14.9 Å². The SMILES string of the molecule is COC(=O)C(N)C1(c2cc(F)ccc2F)CC1. The minimum atomic E-state index is -0.955. The second-order valence-electron chi connectivity index (χ2n) is 4.28. The first kappa shape index (κ1) is 12.0. The minimum absolute atomic E-state index is 0.162. The van der Waals surface area contributed by atoms with Crippen LogP contribution in [0.2, 0.25) is 0 Å². The number of halogens is 2. The van der Waals surface area contributed by atoms with Crippen molar-refractivity contribution < 1.29 is 18.3 Å². The first-order valence-corrected chi connectivity index (χ1v) is 5.30. The molecule has 17 heavy (non-hydrogen) atoms. The molecule has 1 unspecified atom stereocenters. The molecule has 1 aliphatic carbocycles. The fourth-order valence-corrected chi connectivity index (χ4v) is 2.11. The maximum atomic E-state index is 13.7. The summed E-state index contributed by atoms with van der Waals surface area (Å²) in [6.45, 7) is 0. The molecule has 3 nitrogen and oxygen atoms in total. The average molecular weight is 241 g/mol. The molecule has 0 aromatic heterocycles. The second-order valence-corrected chi connectivity index (χ2v) is 4.28. The Balaban J connectivity index is 2.38. The van der Waals surface area contributed by atoms with Crippen molar-refractivity contribution in [1.82, 2.24) is 0 Å². The highest BCUT2D eigenvalue weighted by Crippen LogP contribution is 2.51. The molecule has 1 aromatic carbocycles. The van der Waals surface area contributed by atoms with Crippen molar-refractivity contribution in [2.24, 2.45) is 5.73 Å². The van der Waals surface area contributed by atoms with E-state index in [0.717, 1.165) is 18.2 Å². The van der Waals surface area contributed by atoms with E-state index in [1.54, 1.807) is 0 Å². The lowest BCUT2D eigenvalue weighted by atomic mass is 9.88. The van der Waals surface area contributed by atoms with Crippen molar-refractivity contribution in [3.63, 3.8) is 0 Å². The molecule has 0 spiro atoms. The van der Waals surface area contributed by atoms with Gasteiger partial charge in [-0.2, -0.15) is 0 Å². The molecule has 0 saturated heterocycles. The van der Waals surface area contributed by atoms with E-state index in [1.165, 1.54) is 7.11 Å². The maximum absolute atomic E-state index is 13.7. The van der Waals surface area contributed by atoms with Crippen LogP contribution < -0.4 is 5.73 Å². The summed E-state index contributed by atoms with van der Waals surface area (Å²) in [5, 5.41) is 0. The van der Waals surface area contributed by atoms with Crippen LogP contribution in [0.25, 0.3) is 0 Å². The van der Waals surface area contributed by atoms with Crippen LogP contribution in [0, 0.1) is 11.6 Å². The monoisotopic (exact) mass is 241 g/mol. The Morgan fingerprint density at radius 1 is 1.47 bits per heavy atom. The van der Waals surface area contributed by atoms with Crippen LogP contribution in [0.5, 0.6) is 0 Å². The number of hydrogen-bond acceptors (Lipinski definition) is 3. The van der Waals surface area contributed by atoms with Crippen LogP contribution in [0.15, 0.2) is 18.2 Å². The molecule has 0 radical (unpaired) electrons. The van der Waals surface area contributed by atoms with Gasteiger partial charge >= 0.3 is 5.97 Å². The van der Waals surface area contributed by atoms with Crippen LogP contribution >= 0.6 is 0 Å². The minimum Gasteiger partial charge on any atom is -0.468 e. The Morgan fingerprint density at radius 2 is 2.12 bits per heavy atom. The number of methoxy groups -OCH3 is 1. The number of hydrogen-bond donors (Lipinski definition) is 1. The fraction of sp³-hybridized carbons (Fsp3) is 0.417. The summed E-state index contributed by atoms with van der Waals surface area (Å²) in [7, 11) is 1.22. The maximum Gasteiger partial charge on any atom is 0.323 e. The Morgan fingerprint density at radius 3 is 2.65 bits per heavy atom. The predicted molar refractivity (Wildman–Crippen MR) is 57.3 cm³/mol. The van der Waals surface area contributed by atoms with Crippen molar-refractivity contribution in [2.75, 3.05) is 7.11 Å². The average Bonchev–Trinajstić information content (AvgIpc) is 3.11. The molecule has 1 aliphatic rings. The highest BCUT2D eigenvalue weighted by Gasteiger charge is 2.54. The number of carbonyl (C=O) groups is 1. The molecule has 0 amide bonds. The molecule has 0 aliphatic heterocycles. The first-order valence-electron chi connectivity index (χ1n) is 5.30. The van der Waals surface area contributed by atoms with Gasteiger partial charge in [0.05, 0.1) is 7.11 Å². The zero-order valence-electron chi connectivity index (χ0n) is 9.37. The molecule has 1 saturated carbocycles. The van der Waals surface area contributed by atoms with E-state index >= 15 is 0 Å². The standard InChI is InChI=1S/C12H13F2NO2/c1-17-11(16)10(15)12(4-5-12)8-6-7(13)2-3-9(8)14/h2-3,6,10H,4-5,15H2,1H3. The van der Waals surface area contributed by atoms with Crippen molar-refractivity contribution in [1.29, 1.82) is 0 Å². The summed E-state index contributed by atoms with van der Waals surface area (Å²) in [6.07, 6.45) is 1.12. The summed E-state index contributed by atoms with van der Waals surface area (Å²) in [5.41, 5.74) is 5.11. The summed E-state index contributed by atoms with van der Waals surface area (Å²) in [5.74, 6) is -1.68. The lowest BCUT2D eigenvalue weighted by Crippen LogP contribution is -2.43. The second kappa shape index (κ2) is 4.07. The van der Waals surface area contributed by atoms with E-state index in [9.17, 15) is 13.6 Å². The molecule has 0 heterocycles. The highest BCUT2D eigenvalue weighted by molar-refractivity contribution is 5.78. The predicted octanol–water partition coefficient (Wildman–Crippen LogP) is 1.50. The molecule has 1 atom stereocenters. The number of esters is 1. The number of ether oxygens (including phenoxy) is 1. The third-order valence-corrected chi connectivity index (χ3v) is 3.30. The lowest BCUT2D eigenvalue weighted by Gasteiger charge is -2.22. The molecule has 92 valence electrons. The van der Waals surface area contributed by atoms with E-state index in [-0.39, 0.29) is 5.56 Å². The van der Waals surface area contributed by atoms with Crippen LogP contribution in [0.4, 0.5) is 8.78 Å². The summed E-state index contributed by atoms with van der Waals surface area (Å²) >= 11 is 0. The highest BCUT2D eigenvalue weighted by atomic mass is 19.1. The Kier molecular flexibility index (Phi) is 2.87. The van der Waals surface area contributed by atoms with Gasteiger partial charge < -0.3 is 10.5 Å². The molecule has 2 rings (SSSR count). The molecule has 1 fully saturated rings. The Labute approximate surface area is 97.6 Å². The Hall–Kier alpha value is -1.49. The molecule has 2 N–H and O–H groups in total. The van der Waals surface area contributed by atoms with E-state index in [1.807, 2.05) is 0 Å². The van der Waals surface area contributed by atoms with Gasteiger partial charge in [-0.1, -0.05) is 0 Å². The van der Waals surface area contributed by atoms with Gasteiger partial charge in [-0.15, -0.1) is 0 Å². The summed E-state index contributed by atoms with van der Waals surface area (Å²) in [4.78, 5) is 11.4. The van der Waals surface area contributed by atoms with Gasteiger partial charge in [-0.05, 0) is 36.6 Å². The first-order chi connectivity index (χ1) is 8.01. The van der Waals surface area contributed by atoms with Crippen LogP contribution in [-0.4, -0.2) is 19.1 Å². The third-order valence-electron chi connectivity index (χ3n) is 3.30.